The molecule has 2 nitrogen and oxygen atoms in total. The second-order valence-corrected chi connectivity index (χ2v) is 4.45. The van der Waals surface area contributed by atoms with Crippen LogP contribution in [0.15, 0.2) is 66.4 Å². The zero-order chi connectivity index (χ0) is 12.2. The average molecular weight is 236 g/mol. The molecule has 2 aromatic rings. The van der Waals surface area contributed by atoms with E-state index in [1.165, 1.54) is 16.8 Å². The highest BCUT2D eigenvalue weighted by molar-refractivity contribution is 5.53. The molecule has 90 valence electrons. The molecule has 1 saturated heterocycles. The molecule has 0 bridgehead atoms. The summed E-state index contributed by atoms with van der Waals surface area (Å²) in [5, 5.41) is 6.97. The van der Waals surface area contributed by atoms with E-state index in [1.54, 1.807) is 0 Å². The zero-order valence-corrected chi connectivity index (χ0v) is 10.1. The minimum Gasteiger partial charge on any atom is -0.368 e. The molecule has 18 heavy (non-hydrogen) atoms. The summed E-state index contributed by atoms with van der Waals surface area (Å²) in [5.41, 5.74) is 3.74. The van der Waals surface area contributed by atoms with Crippen LogP contribution < -0.4 is 10.6 Å². The van der Waals surface area contributed by atoms with Gasteiger partial charge in [0.05, 0.1) is 0 Å². The molecule has 1 heterocycles. The van der Waals surface area contributed by atoms with E-state index in [0.717, 1.165) is 6.54 Å². The summed E-state index contributed by atoms with van der Waals surface area (Å²) in [6.45, 7) is 0.883. The fraction of sp³-hybridized carbons (Fsp3) is 0.125. The van der Waals surface area contributed by atoms with E-state index in [1.807, 2.05) is 12.1 Å². The lowest BCUT2D eigenvalue weighted by molar-refractivity contribution is 0.597. The summed E-state index contributed by atoms with van der Waals surface area (Å²) in [7, 11) is 0. The quantitative estimate of drug-likeness (QED) is 0.837. The van der Waals surface area contributed by atoms with Gasteiger partial charge in [-0.2, -0.15) is 0 Å². The molecule has 1 fully saturated rings. The predicted molar refractivity (Wildman–Crippen MR) is 74.7 cm³/mol. The third-order valence-corrected chi connectivity index (χ3v) is 3.10. The van der Waals surface area contributed by atoms with Crippen LogP contribution in [0.3, 0.4) is 0 Å². The summed E-state index contributed by atoms with van der Waals surface area (Å²) in [4.78, 5) is 0. The summed E-state index contributed by atoms with van der Waals surface area (Å²) in [6, 6.07) is 20.8. The third kappa shape index (κ3) is 2.44. The molecule has 2 N–H and O–H groups in total. The van der Waals surface area contributed by atoms with Gasteiger partial charge < -0.3 is 5.32 Å². The number of hydrogen-bond acceptors (Lipinski definition) is 2. The van der Waals surface area contributed by atoms with Crippen LogP contribution in [0.1, 0.15) is 17.3 Å². The van der Waals surface area contributed by atoms with Crippen molar-refractivity contribution in [2.45, 2.75) is 6.17 Å². The van der Waals surface area contributed by atoms with Gasteiger partial charge in [-0.15, -0.1) is 0 Å². The fourth-order valence-electron chi connectivity index (χ4n) is 2.19. The summed E-state index contributed by atoms with van der Waals surface area (Å²) < 4.78 is 0. The lowest BCUT2D eigenvalue weighted by Gasteiger charge is -2.11. The van der Waals surface area contributed by atoms with E-state index < -0.39 is 0 Å². The largest absolute Gasteiger partial charge is 0.368 e. The van der Waals surface area contributed by atoms with E-state index in [9.17, 15) is 0 Å². The Bertz CT molecular complexity index is 532. The highest BCUT2D eigenvalue weighted by Gasteiger charge is 2.18. The first-order chi connectivity index (χ1) is 8.92. The average Bonchev–Trinajstić information content (AvgIpc) is 2.89. The van der Waals surface area contributed by atoms with Crippen LogP contribution in [-0.4, -0.2) is 6.54 Å². The molecule has 0 spiro atoms. The van der Waals surface area contributed by atoms with E-state index in [0.29, 0.717) is 0 Å². The molecule has 2 heteroatoms. The SMILES string of the molecule is C(=C1CNC(c2ccccc2)N1)c1ccccc1. The van der Waals surface area contributed by atoms with Crippen molar-refractivity contribution in [3.05, 3.63) is 77.5 Å². The Morgan fingerprint density at radius 2 is 1.56 bits per heavy atom. The van der Waals surface area contributed by atoms with Crippen molar-refractivity contribution >= 4 is 6.08 Å². The van der Waals surface area contributed by atoms with Crippen molar-refractivity contribution in [1.29, 1.82) is 0 Å². The van der Waals surface area contributed by atoms with Gasteiger partial charge in [-0.25, -0.2) is 0 Å². The van der Waals surface area contributed by atoms with Crippen LogP contribution in [0.2, 0.25) is 0 Å². The zero-order valence-electron chi connectivity index (χ0n) is 10.1. The van der Waals surface area contributed by atoms with Gasteiger partial charge in [0.25, 0.3) is 0 Å². The van der Waals surface area contributed by atoms with Gasteiger partial charge in [-0.1, -0.05) is 60.7 Å². The Morgan fingerprint density at radius 1 is 0.889 bits per heavy atom. The third-order valence-electron chi connectivity index (χ3n) is 3.10. The van der Waals surface area contributed by atoms with Crippen LogP contribution in [0, 0.1) is 0 Å². The minimum absolute atomic E-state index is 0.223. The fourth-order valence-corrected chi connectivity index (χ4v) is 2.19. The lowest BCUT2D eigenvalue weighted by atomic mass is 10.2. The van der Waals surface area contributed by atoms with Gasteiger partial charge in [0.1, 0.15) is 6.17 Å². The highest BCUT2D eigenvalue weighted by atomic mass is 15.2. The first-order valence-electron chi connectivity index (χ1n) is 6.22. The molecule has 0 radical (unpaired) electrons. The van der Waals surface area contributed by atoms with Crippen LogP contribution in [0.5, 0.6) is 0 Å². The molecule has 1 aliphatic rings. The minimum atomic E-state index is 0.223. The summed E-state index contributed by atoms with van der Waals surface area (Å²) in [6.07, 6.45) is 2.41. The number of benzene rings is 2. The van der Waals surface area contributed by atoms with Crippen molar-refractivity contribution in [3.63, 3.8) is 0 Å². The van der Waals surface area contributed by atoms with Gasteiger partial charge in [0.2, 0.25) is 0 Å². The molecule has 3 rings (SSSR count). The van der Waals surface area contributed by atoms with Crippen molar-refractivity contribution in [2.75, 3.05) is 6.54 Å². The molecule has 1 unspecified atom stereocenters. The maximum atomic E-state index is 3.51. The Balaban J connectivity index is 1.74. The van der Waals surface area contributed by atoms with Gasteiger partial charge in [-0.05, 0) is 17.2 Å². The number of nitrogens with one attached hydrogen (secondary N) is 2. The van der Waals surface area contributed by atoms with E-state index in [2.05, 4.69) is 65.2 Å². The Hall–Kier alpha value is -2.06. The molecule has 0 saturated carbocycles. The Morgan fingerprint density at radius 3 is 2.28 bits per heavy atom. The second kappa shape index (κ2) is 5.07. The molecule has 1 atom stereocenters. The van der Waals surface area contributed by atoms with Crippen molar-refractivity contribution < 1.29 is 0 Å². The molecule has 0 amide bonds. The van der Waals surface area contributed by atoms with Gasteiger partial charge in [0, 0.05) is 12.2 Å². The normalized spacial score (nSPS) is 20.9. The Labute approximate surface area is 107 Å². The summed E-state index contributed by atoms with van der Waals surface area (Å²) >= 11 is 0. The van der Waals surface area contributed by atoms with E-state index >= 15 is 0 Å². The van der Waals surface area contributed by atoms with Crippen LogP contribution in [0.25, 0.3) is 6.08 Å². The number of rotatable bonds is 2. The topological polar surface area (TPSA) is 24.1 Å². The van der Waals surface area contributed by atoms with Gasteiger partial charge in [0.15, 0.2) is 0 Å². The highest BCUT2D eigenvalue weighted by Crippen LogP contribution is 2.17. The maximum absolute atomic E-state index is 3.51. The van der Waals surface area contributed by atoms with E-state index in [-0.39, 0.29) is 6.17 Å². The molecule has 1 aliphatic heterocycles. The van der Waals surface area contributed by atoms with Crippen LogP contribution >= 0.6 is 0 Å². The molecule has 0 aliphatic carbocycles. The first kappa shape index (κ1) is 11.1. The smallest absolute Gasteiger partial charge is 0.103 e. The van der Waals surface area contributed by atoms with Gasteiger partial charge >= 0.3 is 0 Å². The van der Waals surface area contributed by atoms with Crippen LogP contribution in [-0.2, 0) is 0 Å². The van der Waals surface area contributed by atoms with Crippen molar-refractivity contribution in [2.24, 2.45) is 0 Å². The molecule has 2 aromatic carbocycles. The van der Waals surface area contributed by atoms with E-state index in [4.69, 9.17) is 0 Å². The molecular weight excluding hydrogens is 220 g/mol. The van der Waals surface area contributed by atoms with Crippen molar-refractivity contribution in [3.8, 4) is 0 Å². The second-order valence-electron chi connectivity index (χ2n) is 4.45. The van der Waals surface area contributed by atoms with Crippen LogP contribution in [0.4, 0.5) is 0 Å². The number of hydrogen-bond donors (Lipinski definition) is 2. The lowest BCUT2D eigenvalue weighted by Crippen LogP contribution is -2.20. The van der Waals surface area contributed by atoms with Gasteiger partial charge in [-0.3, -0.25) is 5.32 Å². The predicted octanol–water partition coefficient (Wildman–Crippen LogP) is 2.92. The maximum Gasteiger partial charge on any atom is 0.103 e. The summed E-state index contributed by atoms with van der Waals surface area (Å²) in [5.74, 6) is 0. The first-order valence-corrected chi connectivity index (χ1v) is 6.22. The monoisotopic (exact) mass is 236 g/mol. The molecular formula is C16H16N2. The molecule has 0 aromatic heterocycles. The standard InChI is InChI=1S/C16H16N2/c1-3-7-13(8-4-1)11-15-12-17-16(18-15)14-9-5-2-6-10-14/h1-11,16-18H,12H2. The Kier molecular flexibility index (Phi) is 3.11. The van der Waals surface area contributed by atoms with Crippen molar-refractivity contribution in [1.82, 2.24) is 10.6 Å².